The van der Waals surface area contributed by atoms with E-state index in [-0.39, 0.29) is 25.6 Å². The Morgan fingerprint density at radius 1 is 1.23 bits per heavy atom. The maximum atomic E-state index is 12.5. The molecule has 0 atom stereocenters. The first kappa shape index (κ1) is 23.0. The van der Waals surface area contributed by atoms with E-state index in [9.17, 15) is 22.8 Å². The Kier molecular flexibility index (Phi) is 7.15. The highest BCUT2D eigenvalue weighted by atomic mass is 32.1. The Bertz CT molecular complexity index is 943. The van der Waals surface area contributed by atoms with Crippen LogP contribution in [0.1, 0.15) is 17.7 Å². The third-order valence-corrected chi connectivity index (χ3v) is 5.57. The van der Waals surface area contributed by atoms with E-state index in [0.717, 1.165) is 10.3 Å². The smallest absolute Gasteiger partial charge is 0.396 e. The Morgan fingerprint density at radius 2 is 1.94 bits per heavy atom. The van der Waals surface area contributed by atoms with Gasteiger partial charge in [-0.05, 0) is 19.4 Å². The number of nitrogens with zero attached hydrogens (tertiary/aromatic N) is 4. The first-order valence-corrected chi connectivity index (χ1v) is 10.5. The van der Waals surface area contributed by atoms with E-state index in [1.54, 1.807) is 0 Å². The molecule has 3 rings (SSSR count). The number of carbonyl (C=O) groups excluding carboxylic acids is 2. The molecule has 1 fully saturated rings. The summed E-state index contributed by atoms with van der Waals surface area (Å²) in [5.74, 6) is -0.280. The standard InChI is InChI=1S/C18H23F3N6O3S/c1-11-9-12-14(27-6-4-26(5-7-27)13(29)10-18(19,20)21)23-16(24-15(12)31-11)25-17(30)22-3-2-8-28/h9,28H,2-8,10H2,1H3,(H2,22,23,24,25,30). The van der Waals surface area contributed by atoms with Gasteiger partial charge < -0.3 is 20.2 Å². The van der Waals surface area contributed by atoms with Crippen LogP contribution in [-0.4, -0.2) is 77.4 Å². The minimum atomic E-state index is -4.53. The second kappa shape index (κ2) is 9.64. The van der Waals surface area contributed by atoms with Crippen LogP contribution in [0.3, 0.4) is 0 Å². The fourth-order valence-electron chi connectivity index (χ4n) is 3.20. The number of anilines is 2. The lowest BCUT2D eigenvalue weighted by Gasteiger charge is -2.35. The number of aliphatic hydroxyl groups excluding tert-OH is 1. The molecule has 0 bridgehead atoms. The van der Waals surface area contributed by atoms with Gasteiger partial charge in [-0.25, -0.2) is 9.78 Å². The summed E-state index contributed by atoms with van der Waals surface area (Å²) in [5, 5.41) is 14.7. The van der Waals surface area contributed by atoms with Crippen molar-refractivity contribution in [1.29, 1.82) is 0 Å². The van der Waals surface area contributed by atoms with Gasteiger partial charge in [-0.1, -0.05) is 0 Å². The number of alkyl halides is 3. The summed E-state index contributed by atoms with van der Waals surface area (Å²) in [6.45, 7) is 3.09. The highest BCUT2D eigenvalue weighted by molar-refractivity contribution is 7.18. The van der Waals surface area contributed by atoms with Crippen molar-refractivity contribution in [3.8, 4) is 0 Å². The van der Waals surface area contributed by atoms with Crippen LogP contribution in [-0.2, 0) is 4.79 Å². The highest BCUT2D eigenvalue weighted by Crippen LogP contribution is 2.32. The fourth-order valence-corrected chi connectivity index (χ4v) is 4.08. The minimum absolute atomic E-state index is 0.0428. The number of aliphatic hydroxyl groups is 1. The van der Waals surface area contributed by atoms with Gasteiger partial charge in [-0.2, -0.15) is 18.2 Å². The summed E-state index contributed by atoms with van der Waals surface area (Å²) in [6, 6.07) is 1.41. The molecule has 3 heterocycles. The van der Waals surface area contributed by atoms with Crippen LogP contribution < -0.4 is 15.5 Å². The first-order valence-electron chi connectivity index (χ1n) is 9.69. The number of hydrogen-bond acceptors (Lipinski definition) is 7. The number of piperazine rings is 1. The number of carbonyl (C=O) groups is 2. The second-order valence-corrected chi connectivity index (χ2v) is 8.30. The summed E-state index contributed by atoms with van der Waals surface area (Å²) in [5.41, 5.74) is 0. The van der Waals surface area contributed by atoms with Crippen molar-refractivity contribution in [3.63, 3.8) is 0 Å². The number of urea groups is 1. The molecule has 0 radical (unpaired) electrons. The van der Waals surface area contributed by atoms with E-state index in [1.807, 2.05) is 17.9 Å². The zero-order chi connectivity index (χ0) is 22.6. The average molecular weight is 460 g/mol. The van der Waals surface area contributed by atoms with Crippen molar-refractivity contribution < 1.29 is 27.9 Å². The largest absolute Gasteiger partial charge is 0.397 e. The van der Waals surface area contributed by atoms with Crippen LogP contribution in [0.15, 0.2) is 6.07 Å². The number of thiophene rings is 1. The average Bonchev–Trinajstić information content (AvgIpc) is 3.06. The van der Waals surface area contributed by atoms with Crippen LogP contribution in [0.5, 0.6) is 0 Å². The first-order chi connectivity index (χ1) is 14.7. The van der Waals surface area contributed by atoms with Gasteiger partial charge >= 0.3 is 12.2 Å². The number of hydrogen-bond donors (Lipinski definition) is 3. The molecule has 2 aromatic heterocycles. The highest BCUT2D eigenvalue weighted by Gasteiger charge is 2.34. The molecule has 0 unspecified atom stereocenters. The van der Waals surface area contributed by atoms with E-state index in [4.69, 9.17) is 5.11 Å². The number of amides is 3. The van der Waals surface area contributed by atoms with Gasteiger partial charge in [0.25, 0.3) is 0 Å². The molecule has 9 nitrogen and oxygen atoms in total. The van der Waals surface area contributed by atoms with Crippen LogP contribution in [0.4, 0.5) is 29.7 Å². The van der Waals surface area contributed by atoms with E-state index in [0.29, 0.717) is 36.7 Å². The summed E-state index contributed by atoms with van der Waals surface area (Å²) >= 11 is 1.43. The van der Waals surface area contributed by atoms with Crippen LogP contribution >= 0.6 is 11.3 Å². The number of fused-ring (bicyclic) bond motifs is 1. The molecule has 2 aromatic rings. The summed E-state index contributed by atoms with van der Waals surface area (Å²) in [4.78, 5) is 37.4. The van der Waals surface area contributed by atoms with Crippen molar-refractivity contribution in [2.45, 2.75) is 25.9 Å². The third-order valence-electron chi connectivity index (χ3n) is 4.63. The van der Waals surface area contributed by atoms with Gasteiger partial charge in [0, 0.05) is 44.2 Å². The molecule has 0 saturated carbocycles. The van der Waals surface area contributed by atoms with E-state index in [2.05, 4.69) is 20.6 Å². The molecule has 1 aliphatic heterocycles. The number of aryl methyl sites for hydroxylation is 1. The molecule has 0 aliphatic carbocycles. The van der Waals surface area contributed by atoms with Gasteiger partial charge in [-0.3, -0.25) is 10.1 Å². The number of rotatable bonds is 6. The summed E-state index contributed by atoms with van der Waals surface area (Å²) in [7, 11) is 0. The fraction of sp³-hybridized carbons (Fsp3) is 0.556. The van der Waals surface area contributed by atoms with Gasteiger partial charge in [0.1, 0.15) is 17.1 Å². The Balaban J connectivity index is 1.74. The molecule has 13 heteroatoms. The van der Waals surface area contributed by atoms with Crippen molar-refractivity contribution in [2.75, 3.05) is 49.5 Å². The molecular formula is C18H23F3N6O3S. The molecule has 3 N–H and O–H groups in total. The molecule has 1 saturated heterocycles. The van der Waals surface area contributed by atoms with Gasteiger partial charge in [0.05, 0.1) is 5.39 Å². The third kappa shape index (κ3) is 6.17. The van der Waals surface area contributed by atoms with Crippen molar-refractivity contribution in [3.05, 3.63) is 10.9 Å². The normalized spacial score (nSPS) is 14.7. The maximum absolute atomic E-state index is 12.5. The van der Waals surface area contributed by atoms with E-state index < -0.39 is 24.5 Å². The quantitative estimate of drug-likeness (QED) is 0.570. The Hall–Kier alpha value is -2.67. The molecule has 3 amide bonds. The van der Waals surface area contributed by atoms with Crippen LogP contribution in [0.25, 0.3) is 10.2 Å². The topological polar surface area (TPSA) is 111 Å². The van der Waals surface area contributed by atoms with Crippen molar-refractivity contribution >= 4 is 45.3 Å². The van der Waals surface area contributed by atoms with Gasteiger partial charge in [0.15, 0.2) is 0 Å². The van der Waals surface area contributed by atoms with Gasteiger partial charge in [-0.15, -0.1) is 11.3 Å². The predicted molar refractivity (Wildman–Crippen MR) is 110 cm³/mol. The summed E-state index contributed by atoms with van der Waals surface area (Å²) < 4.78 is 37.5. The van der Waals surface area contributed by atoms with E-state index >= 15 is 0 Å². The van der Waals surface area contributed by atoms with Crippen LogP contribution in [0, 0.1) is 6.92 Å². The number of aromatic nitrogens is 2. The SMILES string of the molecule is Cc1cc2c(N3CCN(C(=O)CC(F)(F)F)CC3)nc(NC(=O)NCCCO)nc2s1. The van der Waals surface area contributed by atoms with Gasteiger partial charge in [0.2, 0.25) is 11.9 Å². The Labute approximate surface area is 180 Å². The number of halogens is 3. The lowest BCUT2D eigenvalue weighted by atomic mass is 10.2. The number of nitrogens with one attached hydrogen (secondary N) is 2. The molecule has 0 spiro atoms. The molecule has 1 aliphatic rings. The van der Waals surface area contributed by atoms with Crippen molar-refractivity contribution in [1.82, 2.24) is 20.2 Å². The van der Waals surface area contributed by atoms with Crippen LogP contribution in [0.2, 0.25) is 0 Å². The minimum Gasteiger partial charge on any atom is -0.396 e. The van der Waals surface area contributed by atoms with Crippen molar-refractivity contribution in [2.24, 2.45) is 0 Å². The Morgan fingerprint density at radius 3 is 2.58 bits per heavy atom. The molecule has 170 valence electrons. The molecular weight excluding hydrogens is 437 g/mol. The second-order valence-electron chi connectivity index (χ2n) is 7.06. The molecule has 0 aromatic carbocycles. The monoisotopic (exact) mass is 460 g/mol. The maximum Gasteiger partial charge on any atom is 0.397 e. The zero-order valence-electron chi connectivity index (χ0n) is 16.8. The lowest BCUT2D eigenvalue weighted by molar-refractivity contribution is -0.161. The lowest BCUT2D eigenvalue weighted by Crippen LogP contribution is -2.49. The zero-order valence-corrected chi connectivity index (χ0v) is 17.6. The van der Waals surface area contributed by atoms with E-state index in [1.165, 1.54) is 16.2 Å². The molecule has 31 heavy (non-hydrogen) atoms. The summed E-state index contributed by atoms with van der Waals surface area (Å²) in [6.07, 6.45) is -5.58. The predicted octanol–water partition coefficient (Wildman–Crippen LogP) is 2.10.